The fourth-order valence-corrected chi connectivity index (χ4v) is 4.33. The number of hydrogen-bond donors (Lipinski definition) is 0. The van der Waals surface area contributed by atoms with E-state index in [2.05, 4.69) is 59.0 Å². The second kappa shape index (κ2) is 8.33. The summed E-state index contributed by atoms with van der Waals surface area (Å²) < 4.78 is 0. The van der Waals surface area contributed by atoms with Crippen LogP contribution < -0.4 is 0 Å². The summed E-state index contributed by atoms with van der Waals surface area (Å²) in [6, 6.07) is 11.6. The molecule has 2 fully saturated rings. The maximum atomic E-state index is 13.1. The molecular weight excluding hydrogens is 310 g/mol. The predicted molar refractivity (Wildman–Crippen MR) is 102 cm³/mol. The van der Waals surface area contributed by atoms with Crippen molar-refractivity contribution in [3.63, 3.8) is 0 Å². The SMILES string of the molecule is CC1CC(N(C)C(=O)C2CCCN(Cc3ccccc3)C2)CCN1C. The van der Waals surface area contributed by atoms with Crippen molar-refractivity contribution in [1.82, 2.24) is 14.7 Å². The van der Waals surface area contributed by atoms with E-state index >= 15 is 0 Å². The van der Waals surface area contributed by atoms with Crippen molar-refractivity contribution in [2.24, 2.45) is 5.92 Å². The highest BCUT2D eigenvalue weighted by molar-refractivity contribution is 5.79. The van der Waals surface area contributed by atoms with Gasteiger partial charge in [-0.1, -0.05) is 30.3 Å². The van der Waals surface area contributed by atoms with Crippen molar-refractivity contribution in [3.05, 3.63) is 35.9 Å². The van der Waals surface area contributed by atoms with Crippen molar-refractivity contribution in [2.75, 3.05) is 33.7 Å². The highest BCUT2D eigenvalue weighted by Gasteiger charge is 2.33. The third-order valence-corrected chi connectivity index (χ3v) is 6.18. The number of rotatable bonds is 4. The van der Waals surface area contributed by atoms with Crippen LogP contribution >= 0.6 is 0 Å². The Bertz CT molecular complexity index is 562. The molecule has 138 valence electrons. The van der Waals surface area contributed by atoms with E-state index in [1.165, 1.54) is 5.56 Å². The molecule has 1 aromatic carbocycles. The molecule has 3 rings (SSSR count). The lowest BCUT2D eigenvalue weighted by Gasteiger charge is -2.41. The predicted octanol–water partition coefficient (Wildman–Crippen LogP) is 2.84. The topological polar surface area (TPSA) is 26.8 Å². The second-order valence-corrected chi connectivity index (χ2v) is 8.02. The van der Waals surface area contributed by atoms with Crippen LogP contribution in [0.15, 0.2) is 30.3 Å². The third kappa shape index (κ3) is 4.62. The number of amides is 1. The molecule has 4 heteroatoms. The second-order valence-electron chi connectivity index (χ2n) is 8.02. The molecule has 0 bridgehead atoms. The van der Waals surface area contributed by atoms with E-state index in [4.69, 9.17) is 0 Å². The third-order valence-electron chi connectivity index (χ3n) is 6.18. The minimum atomic E-state index is 0.164. The molecule has 4 nitrogen and oxygen atoms in total. The first kappa shape index (κ1) is 18.4. The highest BCUT2D eigenvalue weighted by atomic mass is 16.2. The molecule has 0 aromatic heterocycles. The van der Waals surface area contributed by atoms with Crippen LogP contribution in [0.3, 0.4) is 0 Å². The molecule has 0 N–H and O–H groups in total. The number of nitrogens with zero attached hydrogens (tertiary/aromatic N) is 3. The van der Waals surface area contributed by atoms with Gasteiger partial charge in [-0.15, -0.1) is 0 Å². The molecule has 2 heterocycles. The van der Waals surface area contributed by atoms with Gasteiger partial charge >= 0.3 is 0 Å². The van der Waals surface area contributed by atoms with Crippen LogP contribution in [0.5, 0.6) is 0 Å². The van der Waals surface area contributed by atoms with Gasteiger partial charge in [-0.25, -0.2) is 0 Å². The van der Waals surface area contributed by atoms with Gasteiger partial charge in [-0.3, -0.25) is 9.69 Å². The molecular formula is C21H33N3O. The Morgan fingerprint density at radius 2 is 1.96 bits per heavy atom. The van der Waals surface area contributed by atoms with Gasteiger partial charge in [0.25, 0.3) is 0 Å². The van der Waals surface area contributed by atoms with Crippen LogP contribution in [0.4, 0.5) is 0 Å². The van der Waals surface area contributed by atoms with E-state index in [0.717, 1.165) is 51.9 Å². The molecule has 2 aliphatic heterocycles. The molecule has 2 aliphatic rings. The monoisotopic (exact) mass is 343 g/mol. The maximum absolute atomic E-state index is 13.1. The van der Waals surface area contributed by atoms with Gasteiger partial charge in [0.15, 0.2) is 0 Å². The quantitative estimate of drug-likeness (QED) is 0.841. The Balaban J connectivity index is 1.56. The lowest BCUT2D eigenvalue weighted by atomic mass is 9.93. The van der Waals surface area contributed by atoms with Gasteiger partial charge in [-0.05, 0) is 51.8 Å². The molecule has 0 aliphatic carbocycles. The van der Waals surface area contributed by atoms with E-state index in [9.17, 15) is 4.79 Å². The van der Waals surface area contributed by atoms with E-state index in [1.54, 1.807) is 0 Å². The molecule has 0 spiro atoms. The number of carbonyl (C=O) groups excluding carboxylic acids is 1. The van der Waals surface area contributed by atoms with Crippen LogP contribution in [0.2, 0.25) is 0 Å². The molecule has 0 saturated carbocycles. The fourth-order valence-electron chi connectivity index (χ4n) is 4.33. The summed E-state index contributed by atoms with van der Waals surface area (Å²) in [6.45, 7) is 6.33. The average molecular weight is 344 g/mol. The van der Waals surface area contributed by atoms with Crippen LogP contribution in [-0.4, -0.2) is 66.4 Å². The fraction of sp³-hybridized carbons (Fsp3) is 0.667. The number of benzene rings is 1. The Morgan fingerprint density at radius 1 is 1.20 bits per heavy atom. The zero-order valence-corrected chi connectivity index (χ0v) is 16.0. The van der Waals surface area contributed by atoms with Gasteiger partial charge in [-0.2, -0.15) is 0 Å². The average Bonchev–Trinajstić information content (AvgIpc) is 2.64. The summed E-state index contributed by atoms with van der Waals surface area (Å²) in [5.74, 6) is 0.525. The first-order chi connectivity index (χ1) is 12.0. The van der Waals surface area contributed by atoms with Crippen LogP contribution in [0.1, 0.15) is 38.2 Å². The van der Waals surface area contributed by atoms with Gasteiger partial charge in [0.05, 0.1) is 5.92 Å². The standard InChI is InChI=1S/C21H33N3O/c1-17-14-20(11-13-22(17)2)23(3)21(25)19-10-7-12-24(16-19)15-18-8-5-4-6-9-18/h4-6,8-9,17,19-20H,7,10-16H2,1-3H3. The van der Waals surface area contributed by atoms with Crippen molar-refractivity contribution < 1.29 is 4.79 Å². The molecule has 2 saturated heterocycles. The lowest BCUT2D eigenvalue weighted by molar-refractivity contribution is -0.139. The minimum absolute atomic E-state index is 0.164. The smallest absolute Gasteiger partial charge is 0.226 e. The van der Waals surface area contributed by atoms with Gasteiger partial charge in [0, 0.05) is 38.8 Å². The van der Waals surface area contributed by atoms with Crippen molar-refractivity contribution in [3.8, 4) is 0 Å². The largest absolute Gasteiger partial charge is 0.342 e. The van der Waals surface area contributed by atoms with Crippen LogP contribution in [-0.2, 0) is 11.3 Å². The summed E-state index contributed by atoms with van der Waals surface area (Å²) in [6.07, 6.45) is 4.36. The lowest BCUT2D eigenvalue weighted by Crippen LogP contribution is -2.51. The molecule has 3 atom stereocenters. The van der Waals surface area contributed by atoms with E-state index in [-0.39, 0.29) is 5.92 Å². The molecule has 0 radical (unpaired) electrons. The summed E-state index contributed by atoms with van der Waals surface area (Å²) >= 11 is 0. The summed E-state index contributed by atoms with van der Waals surface area (Å²) in [5, 5.41) is 0. The van der Waals surface area contributed by atoms with E-state index in [0.29, 0.717) is 18.0 Å². The maximum Gasteiger partial charge on any atom is 0.226 e. The van der Waals surface area contributed by atoms with Gasteiger partial charge < -0.3 is 9.80 Å². The first-order valence-corrected chi connectivity index (χ1v) is 9.77. The minimum Gasteiger partial charge on any atom is -0.342 e. The number of hydrogen-bond acceptors (Lipinski definition) is 3. The van der Waals surface area contributed by atoms with Crippen molar-refractivity contribution in [2.45, 2.75) is 51.2 Å². The molecule has 25 heavy (non-hydrogen) atoms. The molecule has 1 aromatic rings. The zero-order valence-electron chi connectivity index (χ0n) is 16.0. The van der Waals surface area contributed by atoms with Crippen molar-refractivity contribution in [1.29, 1.82) is 0 Å². The Morgan fingerprint density at radius 3 is 2.68 bits per heavy atom. The zero-order chi connectivity index (χ0) is 17.8. The Labute approximate surface area is 152 Å². The van der Waals surface area contributed by atoms with E-state index in [1.807, 2.05) is 7.05 Å². The highest BCUT2D eigenvalue weighted by Crippen LogP contribution is 2.25. The Hall–Kier alpha value is -1.39. The van der Waals surface area contributed by atoms with Gasteiger partial charge in [0.2, 0.25) is 5.91 Å². The van der Waals surface area contributed by atoms with E-state index < -0.39 is 0 Å². The first-order valence-electron chi connectivity index (χ1n) is 9.77. The Kier molecular flexibility index (Phi) is 6.13. The van der Waals surface area contributed by atoms with Crippen LogP contribution in [0.25, 0.3) is 0 Å². The number of carbonyl (C=O) groups is 1. The summed E-state index contributed by atoms with van der Waals surface area (Å²) in [4.78, 5) is 20.0. The molecule has 1 amide bonds. The number of piperidine rings is 2. The van der Waals surface area contributed by atoms with Crippen molar-refractivity contribution >= 4 is 5.91 Å². The van der Waals surface area contributed by atoms with Crippen LogP contribution in [0, 0.1) is 5.92 Å². The number of likely N-dealkylation sites (tertiary alicyclic amines) is 2. The summed E-state index contributed by atoms with van der Waals surface area (Å²) in [5.41, 5.74) is 1.34. The molecule has 3 unspecified atom stereocenters. The van der Waals surface area contributed by atoms with Gasteiger partial charge in [0.1, 0.15) is 0 Å². The normalized spacial score (nSPS) is 28.7. The summed E-state index contributed by atoms with van der Waals surface area (Å²) in [7, 11) is 4.21.